The zero-order valence-corrected chi connectivity index (χ0v) is 11.0. The minimum atomic E-state index is -0.461. The number of nitrogens with zero attached hydrogens (tertiary/aromatic N) is 1. The lowest BCUT2D eigenvalue weighted by Gasteiger charge is -2.09. The molecule has 0 aromatic heterocycles. The maximum Gasteiger partial charge on any atom is 0.173 e. The summed E-state index contributed by atoms with van der Waals surface area (Å²) in [7, 11) is 0. The smallest absolute Gasteiger partial charge is 0.173 e. The molecule has 100 valence electrons. The van der Waals surface area contributed by atoms with Crippen LogP contribution in [0.1, 0.15) is 18.1 Å². The number of thioether (sulfide) groups is 1. The molecule has 4 nitrogen and oxygen atoms in total. The Morgan fingerprint density at radius 1 is 1.56 bits per heavy atom. The zero-order chi connectivity index (χ0) is 13.5. The maximum atomic E-state index is 14.0. The number of aliphatic hydroxyl groups excluding tert-OH is 1. The maximum absolute atomic E-state index is 14.0. The van der Waals surface area contributed by atoms with Crippen molar-refractivity contribution in [3.63, 3.8) is 0 Å². The predicted molar refractivity (Wildman–Crippen MR) is 71.3 cm³/mol. The number of rotatable bonds is 6. The van der Waals surface area contributed by atoms with Gasteiger partial charge in [-0.3, -0.25) is 0 Å². The van der Waals surface area contributed by atoms with Crippen molar-refractivity contribution in [2.45, 2.75) is 12.7 Å². The fourth-order valence-corrected chi connectivity index (χ4v) is 2.43. The third-order valence-electron chi connectivity index (χ3n) is 2.43. The van der Waals surface area contributed by atoms with E-state index < -0.39 is 5.82 Å². The highest BCUT2D eigenvalue weighted by atomic mass is 32.2. The lowest BCUT2D eigenvalue weighted by Crippen LogP contribution is -2.16. The quantitative estimate of drug-likeness (QED) is 0.319. The first-order valence-electron chi connectivity index (χ1n) is 5.54. The van der Waals surface area contributed by atoms with Crippen molar-refractivity contribution in [2.75, 3.05) is 12.4 Å². The molecule has 0 saturated carbocycles. The van der Waals surface area contributed by atoms with Crippen molar-refractivity contribution >= 4 is 17.6 Å². The van der Waals surface area contributed by atoms with E-state index in [0.29, 0.717) is 11.3 Å². The highest BCUT2D eigenvalue weighted by Crippen LogP contribution is 2.20. The van der Waals surface area contributed by atoms with Crippen LogP contribution in [0.25, 0.3) is 0 Å². The van der Waals surface area contributed by atoms with Crippen molar-refractivity contribution in [3.05, 3.63) is 35.1 Å². The third-order valence-corrected chi connectivity index (χ3v) is 3.75. The molecule has 1 atom stereocenters. The van der Waals surface area contributed by atoms with Gasteiger partial charge >= 0.3 is 0 Å². The van der Waals surface area contributed by atoms with Crippen molar-refractivity contribution in [2.24, 2.45) is 16.8 Å². The lowest BCUT2D eigenvalue weighted by atomic mass is 10.1. The van der Waals surface area contributed by atoms with Crippen LogP contribution in [-0.4, -0.2) is 28.5 Å². The van der Waals surface area contributed by atoms with E-state index in [0.717, 1.165) is 5.75 Å². The molecule has 4 N–H and O–H groups in total. The average Bonchev–Trinajstić information content (AvgIpc) is 2.39. The van der Waals surface area contributed by atoms with Crippen LogP contribution in [0.2, 0.25) is 0 Å². The first-order valence-corrected chi connectivity index (χ1v) is 6.69. The molecular weight excluding hydrogens is 255 g/mol. The van der Waals surface area contributed by atoms with Crippen LogP contribution in [0.15, 0.2) is 23.4 Å². The second kappa shape index (κ2) is 7.23. The van der Waals surface area contributed by atoms with Gasteiger partial charge < -0.3 is 16.0 Å². The Kier molecular flexibility index (Phi) is 5.94. The Balaban J connectivity index is 2.72. The molecule has 1 rings (SSSR count). The number of nitrogens with two attached hydrogens (primary N) is 1. The van der Waals surface area contributed by atoms with E-state index in [1.165, 1.54) is 17.8 Å². The van der Waals surface area contributed by atoms with Crippen molar-refractivity contribution in [1.29, 1.82) is 0 Å². The van der Waals surface area contributed by atoms with Gasteiger partial charge in [0.2, 0.25) is 0 Å². The molecule has 0 spiro atoms. The molecule has 0 aliphatic rings. The predicted octanol–water partition coefficient (Wildman–Crippen LogP) is 1.78. The molecule has 1 aromatic carbocycles. The lowest BCUT2D eigenvalue weighted by molar-refractivity contribution is 0.250. The van der Waals surface area contributed by atoms with Gasteiger partial charge in [0.05, 0.1) is 5.56 Å². The number of aliphatic hydroxyl groups is 1. The molecule has 0 bridgehead atoms. The van der Waals surface area contributed by atoms with Crippen LogP contribution in [0.3, 0.4) is 0 Å². The Morgan fingerprint density at radius 2 is 2.28 bits per heavy atom. The molecule has 0 saturated heterocycles. The van der Waals surface area contributed by atoms with E-state index in [1.54, 1.807) is 12.1 Å². The number of halogens is 1. The van der Waals surface area contributed by atoms with Crippen LogP contribution in [0.5, 0.6) is 0 Å². The zero-order valence-electron chi connectivity index (χ0n) is 10.1. The van der Waals surface area contributed by atoms with Crippen molar-refractivity contribution < 1.29 is 14.7 Å². The summed E-state index contributed by atoms with van der Waals surface area (Å²) in [6, 6.07) is 4.80. The summed E-state index contributed by atoms with van der Waals surface area (Å²) in [6.07, 6.45) is 0. The van der Waals surface area contributed by atoms with E-state index >= 15 is 0 Å². The van der Waals surface area contributed by atoms with E-state index in [-0.39, 0.29) is 23.9 Å². The Morgan fingerprint density at radius 3 is 2.89 bits per heavy atom. The van der Waals surface area contributed by atoms with Crippen LogP contribution in [-0.2, 0) is 5.75 Å². The van der Waals surface area contributed by atoms with Gasteiger partial charge in [-0.25, -0.2) is 4.39 Å². The molecule has 0 heterocycles. The minimum absolute atomic E-state index is 0.103. The largest absolute Gasteiger partial charge is 0.409 e. The minimum Gasteiger partial charge on any atom is -0.409 e. The van der Waals surface area contributed by atoms with Crippen molar-refractivity contribution in [1.82, 2.24) is 0 Å². The molecule has 0 amide bonds. The summed E-state index contributed by atoms with van der Waals surface area (Å²) < 4.78 is 14.0. The van der Waals surface area contributed by atoms with E-state index in [1.807, 2.05) is 6.92 Å². The topological polar surface area (TPSA) is 78.8 Å². The number of amidine groups is 1. The monoisotopic (exact) mass is 272 g/mol. The van der Waals surface area contributed by atoms with Crippen LogP contribution >= 0.6 is 11.8 Å². The molecular formula is C12H17FN2O2S. The normalized spacial score (nSPS) is 13.6. The van der Waals surface area contributed by atoms with Gasteiger partial charge in [-0.1, -0.05) is 24.2 Å². The van der Waals surface area contributed by atoms with E-state index in [2.05, 4.69) is 5.16 Å². The standard InChI is InChI=1S/C12H17FN2O2S/c1-8(5-16)6-18-7-9-3-2-4-10(11(9)13)12(14)15-17/h2-4,8,16-17H,5-7H2,1H3,(H2,14,15). The Bertz CT molecular complexity index is 427. The summed E-state index contributed by atoms with van der Waals surface area (Å²) in [5.41, 5.74) is 5.99. The molecule has 0 aliphatic carbocycles. The van der Waals surface area contributed by atoms with Crippen LogP contribution in [0.4, 0.5) is 4.39 Å². The molecule has 18 heavy (non-hydrogen) atoms. The van der Waals surface area contributed by atoms with Gasteiger partial charge in [0, 0.05) is 12.4 Å². The van der Waals surface area contributed by atoms with Gasteiger partial charge in [-0.2, -0.15) is 11.8 Å². The first kappa shape index (κ1) is 14.8. The summed E-state index contributed by atoms with van der Waals surface area (Å²) in [4.78, 5) is 0. The van der Waals surface area contributed by atoms with Gasteiger partial charge in [0.25, 0.3) is 0 Å². The third kappa shape index (κ3) is 3.89. The summed E-state index contributed by atoms with van der Waals surface area (Å²) in [5, 5.41) is 20.2. The summed E-state index contributed by atoms with van der Waals surface area (Å²) in [6.45, 7) is 2.05. The Labute approximate surface area is 110 Å². The van der Waals surface area contributed by atoms with Gasteiger partial charge in [-0.15, -0.1) is 0 Å². The molecule has 0 aliphatic heterocycles. The fraction of sp³-hybridized carbons (Fsp3) is 0.417. The van der Waals surface area contributed by atoms with Gasteiger partial charge in [0.1, 0.15) is 5.82 Å². The Hall–Kier alpha value is -1.27. The molecule has 0 radical (unpaired) electrons. The number of oxime groups is 1. The number of hydrogen-bond acceptors (Lipinski definition) is 4. The first-order chi connectivity index (χ1) is 8.60. The second-order valence-electron chi connectivity index (χ2n) is 4.07. The van der Waals surface area contributed by atoms with E-state index in [4.69, 9.17) is 16.0 Å². The molecule has 6 heteroatoms. The second-order valence-corrected chi connectivity index (χ2v) is 5.10. The summed E-state index contributed by atoms with van der Waals surface area (Å²) in [5.74, 6) is 0.734. The summed E-state index contributed by atoms with van der Waals surface area (Å²) >= 11 is 1.54. The molecule has 0 fully saturated rings. The van der Waals surface area contributed by atoms with Crippen LogP contribution in [0, 0.1) is 11.7 Å². The van der Waals surface area contributed by atoms with E-state index in [9.17, 15) is 4.39 Å². The highest BCUT2D eigenvalue weighted by Gasteiger charge is 2.11. The molecule has 1 unspecified atom stereocenters. The number of benzene rings is 1. The number of hydrogen-bond donors (Lipinski definition) is 3. The van der Waals surface area contributed by atoms with Gasteiger partial charge in [0.15, 0.2) is 5.84 Å². The fourth-order valence-electron chi connectivity index (χ4n) is 1.37. The van der Waals surface area contributed by atoms with Gasteiger partial charge in [-0.05, 0) is 23.3 Å². The van der Waals surface area contributed by atoms with Crippen molar-refractivity contribution in [3.8, 4) is 0 Å². The highest BCUT2D eigenvalue weighted by molar-refractivity contribution is 7.98. The average molecular weight is 272 g/mol. The SMILES string of the molecule is CC(CO)CSCc1cccc(/C(N)=N/O)c1F. The van der Waals surface area contributed by atoms with Crippen LogP contribution < -0.4 is 5.73 Å². The molecule has 1 aromatic rings.